The van der Waals surface area contributed by atoms with E-state index in [9.17, 15) is 4.79 Å². The zero-order valence-electron chi connectivity index (χ0n) is 10.8. The van der Waals surface area contributed by atoms with Crippen LogP contribution in [0.5, 0.6) is 0 Å². The lowest BCUT2D eigenvalue weighted by Crippen LogP contribution is -2.42. The highest BCUT2D eigenvalue weighted by Crippen LogP contribution is 2.27. The number of fused-ring (bicyclic) bond motifs is 1. The molecule has 0 spiro atoms. The minimum atomic E-state index is -0.830. The van der Waals surface area contributed by atoms with Crippen LogP contribution in [0.3, 0.4) is 0 Å². The molecular formula is C13H15ClIN3O. The number of amides is 1. The van der Waals surface area contributed by atoms with Gasteiger partial charge in [-0.15, -0.1) is 11.6 Å². The Kier molecular flexibility index (Phi) is 4.06. The molecule has 0 fully saturated rings. The lowest BCUT2D eigenvalue weighted by atomic mass is 10.0. The Morgan fingerprint density at radius 1 is 1.53 bits per heavy atom. The largest absolute Gasteiger partial charge is 0.368 e. The molecule has 4 nitrogen and oxygen atoms in total. The number of nitrogens with two attached hydrogens (primary N) is 1. The summed E-state index contributed by atoms with van der Waals surface area (Å²) >= 11 is 8.06. The highest BCUT2D eigenvalue weighted by Gasteiger charge is 2.31. The van der Waals surface area contributed by atoms with Gasteiger partial charge in [-0.05, 0) is 54.6 Å². The molecule has 0 radical (unpaired) electrons. The lowest BCUT2D eigenvalue weighted by Gasteiger charge is -2.25. The van der Waals surface area contributed by atoms with E-state index in [0.29, 0.717) is 12.3 Å². The first-order chi connectivity index (χ1) is 8.87. The monoisotopic (exact) mass is 391 g/mol. The number of aromatic nitrogens is 2. The predicted octanol–water partition coefficient (Wildman–Crippen LogP) is 2.64. The van der Waals surface area contributed by atoms with E-state index < -0.39 is 5.54 Å². The van der Waals surface area contributed by atoms with Crippen molar-refractivity contribution in [2.75, 3.05) is 5.88 Å². The van der Waals surface area contributed by atoms with Gasteiger partial charge in [0, 0.05) is 15.9 Å². The summed E-state index contributed by atoms with van der Waals surface area (Å²) < 4.78 is 2.99. The third-order valence-electron chi connectivity index (χ3n) is 3.17. The number of carbonyl (C=O) groups excluding carboxylic acids is 1. The molecule has 6 heteroatoms. The van der Waals surface area contributed by atoms with Gasteiger partial charge in [0.05, 0.1) is 11.0 Å². The molecule has 0 saturated heterocycles. The van der Waals surface area contributed by atoms with E-state index in [-0.39, 0.29) is 5.91 Å². The zero-order valence-corrected chi connectivity index (χ0v) is 13.7. The zero-order chi connectivity index (χ0) is 14.2. The molecule has 1 heterocycles. The first-order valence-electron chi connectivity index (χ1n) is 5.91. The SMILES string of the molecule is CC(C)(C(N)=O)n1c(CCCl)nc2cc(I)ccc21. The van der Waals surface area contributed by atoms with Gasteiger partial charge in [0.2, 0.25) is 5.91 Å². The molecule has 2 N–H and O–H groups in total. The van der Waals surface area contributed by atoms with Crippen LogP contribution < -0.4 is 5.73 Å². The third kappa shape index (κ3) is 2.58. The Hall–Kier alpha value is -0.820. The first kappa shape index (κ1) is 14.6. The van der Waals surface area contributed by atoms with Crippen LogP contribution in [0.1, 0.15) is 19.7 Å². The fourth-order valence-electron chi connectivity index (χ4n) is 2.09. The number of carbonyl (C=O) groups is 1. The van der Waals surface area contributed by atoms with Crippen molar-refractivity contribution in [2.45, 2.75) is 25.8 Å². The van der Waals surface area contributed by atoms with Crippen LogP contribution >= 0.6 is 34.2 Å². The van der Waals surface area contributed by atoms with E-state index in [2.05, 4.69) is 27.6 Å². The highest BCUT2D eigenvalue weighted by atomic mass is 127. The Morgan fingerprint density at radius 3 is 2.79 bits per heavy atom. The Bertz CT molecular complexity index is 636. The summed E-state index contributed by atoms with van der Waals surface area (Å²) in [5.74, 6) is 0.854. The fourth-order valence-corrected chi connectivity index (χ4v) is 2.73. The number of benzene rings is 1. The van der Waals surface area contributed by atoms with Crippen LogP contribution in [-0.2, 0) is 16.8 Å². The van der Waals surface area contributed by atoms with Crippen molar-refractivity contribution >= 4 is 51.1 Å². The highest BCUT2D eigenvalue weighted by molar-refractivity contribution is 14.1. The minimum Gasteiger partial charge on any atom is -0.368 e. The van der Waals surface area contributed by atoms with Gasteiger partial charge >= 0.3 is 0 Å². The molecular weight excluding hydrogens is 377 g/mol. The maximum atomic E-state index is 11.7. The molecule has 0 saturated carbocycles. The van der Waals surface area contributed by atoms with E-state index in [0.717, 1.165) is 20.4 Å². The summed E-state index contributed by atoms with van der Waals surface area (Å²) in [7, 11) is 0. The van der Waals surface area contributed by atoms with Crippen molar-refractivity contribution < 1.29 is 4.79 Å². The van der Waals surface area contributed by atoms with Crippen LogP contribution in [0.15, 0.2) is 18.2 Å². The number of hydrogen-bond acceptors (Lipinski definition) is 2. The van der Waals surface area contributed by atoms with Gasteiger partial charge in [-0.2, -0.15) is 0 Å². The second kappa shape index (κ2) is 5.28. The number of halogens is 2. The van der Waals surface area contributed by atoms with Crippen LogP contribution in [0.4, 0.5) is 0 Å². The molecule has 0 atom stereocenters. The van der Waals surface area contributed by atoms with Crippen molar-refractivity contribution in [2.24, 2.45) is 5.73 Å². The maximum Gasteiger partial charge on any atom is 0.243 e. The summed E-state index contributed by atoms with van der Waals surface area (Å²) in [4.78, 5) is 16.3. The smallest absolute Gasteiger partial charge is 0.243 e. The molecule has 0 aliphatic rings. The van der Waals surface area contributed by atoms with Gasteiger partial charge in [0.15, 0.2) is 0 Å². The maximum absolute atomic E-state index is 11.7. The molecule has 1 aromatic carbocycles. The second-order valence-electron chi connectivity index (χ2n) is 4.86. The number of hydrogen-bond donors (Lipinski definition) is 1. The van der Waals surface area contributed by atoms with Gasteiger partial charge in [-0.1, -0.05) is 0 Å². The molecule has 0 unspecified atom stereocenters. The van der Waals surface area contributed by atoms with Gasteiger partial charge in [0.1, 0.15) is 11.4 Å². The van der Waals surface area contributed by atoms with Crippen molar-refractivity contribution in [1.29, 1.82) is 0 Å². The third-order valence-corrected chi connectivity index (χ3v) is 4.03. The van der Waals surface area contributed by atoms with E-state index in [1.165, 1.54) is 0 Å². The summed E-state index contributed by atoms with van der Waals surface area (Å²) in [6.45, 7) is 3.60. The normalized spacial score (nSPS) is 12.0. The first-order valence-corrected chi connectivity index (χ1v) is 7.52. The summed E-state index contributed by atoms with van der Waals surface area (Å²) in [6.07, 6.45) is 0.601. The Morgan fingerprint density at radius 2 is 2.21 bits per heavy atom. The van der Waals surface area contributed by atoms with E-state index >= 15 is 0 Å². The van der Waals surface area contributed by atoms with Gasteiger partial charge in [0.25, 0.3) is 0 Å². The molecule has 0 aliphatic carbocycles. The Balaban J connectivity index is 2.75. The second-order valence-corrected chi connectivity index (χ2v) is 6.48. The van der Waals surface area contributed by atoms with Crippen molar-refractivity contribution in [3.05, 3.63) is 27.6 Å². The molecule has 0 bridgehead atoms. The number of alkyl halides is 1. The summed E-state index contributed by atoms with van der Waals surface area (Å²) in [5, 5.41) is 0. The van der Waals surface area contributed by atoms with Crippen LogP contribution in [0.25, 0.3) is 11.0 Å². The topological polar surface area (TPSA) is 60.9 Å². The van der Waals surface area contributed by atoms with E-state index in [1.54, 1.807) is 13.8 Å². The van der Waals surface area contributed by atoms with Crippen LogP contribution in [0, 0.1) is 3.57 Å². The number of nitrogens with zero attached hydrogens (tertiary/aromatic N) is 2. The molecule has 19 heavy (non-hydrogen) atoms. The minimum absolute atomic E-state index is 0.388. The van der Waals surface area contributed by atoms with Crippen LogP contribution in [0.2, 0.25) is 0 Å². The molecule has 102 valence electrons. The van der Waals surface area contributed by atoms with E-state index in [4.69, 9.17) is 17.3 Å². The molecule has 1 amide bonds. The number of primary amides is 1. The molecule has 1 aromatic heterocycles. The summed E-state index contributed by atoms with van der Waals surface area (Å²) in [6, 6.07) is 5.94. The predicted molar refractivity (Wildman–Crippen MR) is 85.4 cm³/mol. The lowest BCUT2D eigenvalue weighted by molar-refractivity contribution is -0.125. The molecule has 0 aliphatic heterocycles. The number of aryl methyl sites for hydroxylation is 1. The quantitative estimate of drug-likeness (QED) is 0.643. The summed E-state index contributed by atoms with van der Waals surface area (Å²) in [5.41, 5.74) is 6.46. The molecule has 2 aromatic rings. The van der Waals surface area contributed by atoms with Crippen LogP contribution in [-0.4, -0.2) is 21.3 Å². The molecule has 2 rings (SSSR count). The van der Waals surface area contributed by atoms with Gasteiger partial charge in [-0.25, -0.2) is 4.98 Å². The number of imidazole rings is 1. The average Bonchev–Trinajstić information content (AvgIpc) is 2.66. The van der Waals surface area contributed by atoms with Gasteiger partial charge in [-0.3, -0.25) is 4.79 Å². The standard InChI is InChI=1S/C13H15ClIN3O/c1-13(2,12(16)19)18-10-4-3-8(15)7-9(10)17-11(18)5-6-14/h3-4,7H,5-6H2,1-2H3,(H2,16,19). The van der Waals surface area contributed by atoms with Gasteiger partial charge < -0.3 is 10.3 Å². The fraction of sp³-hybridized carbons (Fsp3) is 0.385. The van der Waals surface area contributed by atoms with Crippen molar-refractivity contribution in [3.8, 4) is 0 Å². The number of rotatable bonds is 4. The van der Waals surface area contributed by atoms with Crippen molar-refractivity contribution in [1.82, 2.24) is 9.55 Å². The Labute approximate surface area is 130 Å². The van der Waals surface area contributed by atoms with Crippen molar-refractivity contribution in [3.63, 3.8) is 0 Å². The average molecular weight is 392 g/mol. The van der Waals surface area contributed by atoms with E-state index in [1.807, 2.05) is 22.8 Å².